The summed E-state index contributed by atoms with van der Waals surface area (Å²) in [4.78, 5) is 0. The molecule has 1 aromatic carbocycles. The van der Waals surface area contributed by atoms with Crippen molar-refractivity contribution in [1.82, 2.24) is 5.32 Å². The first-order chi connectivity index (χ1) is 7.96. The molecule has 1 aliphatic heterocycles. The molecule has 0 radical (unpaired) electrons. The summed E-state index contributed by atoms with van der Waals surface area (Å²) < 4.78 is 5.67. The first-order valence-corrected chi connectivity index (χ1v) is 6.48. The molecule has 0 aromatic heterocycles. The molecular weight excluding hydrogens is 234 g/mol. The summed E-state index contributed by atoms with van der Waals surface area (Å²) in [6, 6.07) is 4.01. The van der Waals surface area contributed by atoms with Crippen molar-refractivity contribution >= 4 is 11.6 Å². The smallest absolute Gasteiger partial charge is 0.127 e. The molecule has 2 nitrogen and oxygen atoms in total. The Morgan fingerprint density at radius 3 is 2.82 bits per heavy atom. The molecule has 0 saturated carbocycles. The van der Waals surface area contributed by atoms with E-state index in [2.05, 4.69) is 26.1 Å². The van der Waals surface area contributed by atoms with Crippen LogP contribution < -0.4 is 10.1 Å². The number of benzene rings is 1. The van der Waals surface area contributed by atoms with Gasteiger partial charge in [-0.1, -0.05) is 32.4 Å². The van der Waals surface area contributed by atoms with Crippen LogP contribution >= 0.6 is 11.6 Å². The van der Waals surface area contributed by atoms with Gasteiger partial charge in [0.15, 0.2) is 0 Å². The van der Waals surface area contributed by atoms with Crippen molar-refractivity contribution in [1.29, 1.82) is 0 Å². The minimum absolute atomic E-state index is 0.294. The van der Waals surface area contributed by atoms with Crippen LogP contribution in [0.2, 0.25) is 5.02 Å². The van der Waals surface area contributed by atoms with Crippen LogP contribution in [0.4, 0.5) is 0 Å². The summed E-state index contributed by atoms with van der Waals surface area (Å²) in [5.41, 5.74) is 2.71. The lowest BCUT2D eigenvalue weighted by Crippen LogP contribution is -2.26. The van der Waals surface area contributed by atoms with Crippen molar-refractivity contribution in [3.05, 3.63) is 28.3 Å². The second-order valence-corrected chi connectivity index (χ2v) is 6.25. The Bertz CT molecular complexity index is 409. The van der Waals surface area contributed by atoms with E-state index in [0.717, 1.165) is 36.9 Å². The van der Waals surface area contributed by atoms with E-state index in [1.165, 1.54) is 11.1 Å². The van der Waals surface area contributed by atoms with Crippen molar-refractivity contribution in [2.24, 2.45) is 5.41 Å². The second kappa shape index (κ2) is 4.87. The highest BCUT2D eigenvalue weighted by Gasteiger charge is 2.18. The molecule has 94 valence electrons. The van der Waals surface area contributed by atoms with Crippen LogP contribution in [0.1, 0.15) is 31.9 Å². The first kappa shape index (κ1) is 12.7. The van der Waals surface area contributed by atoms with Crippen LogP contribution in [0.5, 0.6) is 5.75 Å². The lowest BCUT2D eigenvalue weighted by molar-refractivity contribution is 0.347. The topological polar surface area (TPSA) is 21.3 Å². The molecule has 17 heavy (non-hydrogen) atoms. The van der Waals surface area contributed by atoms with Crippen LogP contribution in [0.3, 0.4) is 0 Å². The van der Waals surface area contributed by atoms with Gasteiger partial charge in [-0.15, -0.1) is 0 Å². The Morgan fingerprint density at radius 1 is 1.35 bits per heavy atom. The van der Waals surface area contributed by atoms with E-state index in [0.29, 0.717) is 5.41 Å². The molecule has 1 aromatic rings. The van der Waals surface area contributed by atoms with E-state index in [9.17, 15) is 0 Å². The van der Waals surface area contributed by atoms with Gasteiger partial charge in [0, 0.05) is 30.1 Å². The number of fused-ring (bicyclic) bond motifs is 1. The summed E-state index contributed by atoms with van der Waals surface area (Å²) in [5.74, 6) is 1.04. The van der Waals surface area contributed by atoms with Gasteiger partial charge < -0.3 is 10.1 Å². The van der Waals surface area contributed by atoms with E-state index in [4.69, 9.17) is 16.3 Å². The number of nitrogens with one attached hydrogen (secondary N) is 1. The number of rotatable bonds is 3. The normalized spacial score (nSPS) is 14.6. The van der Waals surface area contributed by atoms with Gasteiger partial charge in [-0.2, -0.15) is 0 Å². The number of hydrogen-bond donors (Lipinski definition) is 1. The van der Waals surface area contributed by atoms with Crippen LogP contribution in [0, 0.1) is 5.41 Å². The van der Waals surface area contributed by atoms with Gasteiger partial charge in [0.05, 0.1) is 6.61 Å². The average molecular weight is 254 g/mol. The van der Waals surface area contributed by atoms with Crippen molar-refractivity contribution in [3.63, 3.8) is 0 Å². The summed E-state index contributed by atoms with van der Waals surface area (Å²) in [7, 11) is 0. The van der Waals surface area contributed by atoms with Crippen LogP contribution in [-0.4, -0.2) is 13.2 Å². The average Bonchev–Trinajstić information content (AvgIpc) is 2.63. The Hall–Kier alpha value is -0.730. The maximum atomic E-state index is 6.11. The summed E-state index contributed by atoms with van der Waals surface area (Å²) >= 11 is 6.11. The molecule has 0 amide bonds. The maximum absolute atomic E-state index is 6.11. The van der Waals surface area contributed by atoms with E-state index >= 15 is 0 Å². The van der Waals surface area contributed by atoms with E-state index in [1.54, 1.807) is 0 Å². The summed E-state index contributed by atoms with van der Waals surface area (Å²) in [6.07, 6.45) is 0.974. The summed E-state index contributed by atoms with van der Waals surface area (Å²) in [5, 5.41) is 4.27. The molecule has 0 aliphatic carbocycles. The van der Waals surface area contributed by atoms with E-state index < -0.39 is 0 Å². The number of ether oxygens (including phenoxy) is 1. The standard InChI is InChI=1S/C14H20ClNO/c1-14(2,3)9-16-8-11-7-12(15)6-10-4-5-17-13(10)11/h6-7,16H,4-5,8-9H2,1-3H3. The van der Waals surface area contributed by atoms with Crippen molar-refractivity contribution < 1.29 is 4.74 Å². The molecule has 0 atom stereocenters. The molecule has 2 rings (SSSR count). The first-order valence-electron chi connectivity index (χ1n) is 6.10. The van der Waals surface area contributed by atoms with Crippen molar-refractivity contribution in [2.45, 2.75) is 33.7 Å². The fraction of sp³-hybridized carbons (Fsp3) is 0.571. The SMILES string of the molecule is CC(C)(C)CNCc1cc(Cl)cc2c1OCC2. The molecule has 0 saturated heterocycles. The third-order valence-corrected chi connectivity index (χ3v) is 3.01. The molecule has 3 heteroatoms. The molecular formula is C14H20ClNO. The van der Waals surface area contributed by atoms with Gasteiger partial charge in [0.2, 0.25) is 0 Å². The Morgan fingerprint density at radius 2 is 2.12 bits per heavy atom. The molecule has 0 bridgehead atoms. The van der Waals surface area contributed by atoms with Crippen LogP contribution in [0.25, 0.3) is 0 Å². The van der Waals surface area contributed by atoms with Crippen LogP contribution in [0.15, 0.2) is 12.1 Å². The third-order valence-electron chi connectivity index (χ3n) is 2.80. The molecule has 0 unspecified atom stereocenters. The zero-order valence-electron chi connectivity index (χ0n) is 10.8. The maximum Gasteiger partial charge on any atom is 0.127 e. The van der Waals surface area contributed by atoms with E-state index in [1.807, 2.05) is 12.1 Å². The minimum Gasteiger partial charge on any atom is -0.493 e. The molecule has 1 N–H and O–H groups in total. The highest BCUT2D eigenvalue weighted by molar-refractivity contribution is 6.30. The molecule has 0 fully saturated rings. The lowest BCUT2D eigenvalue weighted by atomic mass is 9.97. The van der Waals surface area contributed by atoms with Crippen LogP contribution in [-0.2, 0) is 13.0 Å². The Labute approximate surface area is 108 Å². The Kier molecular flexibility index (Phi) is 3.64. The lowest BCUT2D eigenvalue weighted by Gasteiger charge is -2.19. The molecule has 1 aliphatic rings. The zero-order valence-corrected chi connectivity index (χ0v) is 11.5. The minimum atomic E-state index is 0.294. The highest BCUT2D eigenvalue weighted by atomic mass is 35.5. The summed E-state index contributed by atoms with van der Waals surface area (Å²) in [6.45, 7) is 9.24. The quantitative estimate of drug-likeness (QED) is 0.891. The third kappa shape index (κ3) is 3.36. The fourth-order valence-electron chi connectivity index (χ4n) is 2.05. The van der Waals surface area contributed by atoms with Gasteiger partial charge in [-0.05, 0) is 23.1 Å². The highest BCUT2D eigenvalue weighted by Crippen LogP contribution is 2.32. The number of hydrogen-bond acceptors (Lipinski definition) is 2. The van der Waals surface area contributed by atoms with Gasteiger partial charge >= 0.3 is 0 Å². The van der Waals surface area contributed by atoms with Gasteiger partial charge in [-0.25, -0.2) is 0 Å². The number of halogens is 1. The largest absolute Gasteiger partial charge is 0.493 e. The molecule has 1 heterocycles. The van der Waals surface area contributed by atoms with Gasteiger partial charge in [-0.3, -0.25) is 0 Å². The van der Waals surface area contributed by atoms with Crippen molar-refractivity contribution in [2.75, 3.05) is 13.2 Å². The van der Waals surface area contributed by atoms with Crippen molar-refractivity contribution in [3.8, 4) is 5.75 Å². The zero-order chi connectivity index (χ0) is 12.5. The van der Waals surface area contributed by atoms with Gasteiger partial charge in [0.25, 0.3) is 0 Å². The van der Waals surface area contributed by atoms with E-state index in [-0.39, 0.29) is 0 Å². The molecule has 0 spiro atoms. The Balaban J connectivity index is 2.06. The predicted octanol–water partition coefficient (Wildman–Crippen LogP) is 3.41. The van der Waals surface area contributed by atoms with Gasteiger partial charge in [0.1, 0.15) is 5.75 Å². The fourth-order valence-corrected chi connectivity index (χ4v) is 2.31. The predicted molar refractivity (Wildman–Crippen MR) is 71.8 cm³/mol. The second-order valence-electron chi connectivity index (χ2n) is 5.82. The monoisotopic (exact) mass is 253 g/mol.